The summed E-state index contributed by atoms with van der Waals surface area (Å²) in [4.78, 5) is 11.3. The number of amides is 1. The van der Waals surface area contributed by atoms with E-state index in [0.29, 0.717) is 0 Å². The molecule has 0 aliphatic heterocycles. The van der Waals surface area contributed by atoms with Crippen molar-refractivity contribution >= 4 is 21.6 Å². The zero-order valence-electron chi connectivity index (χ0n) is 11.6. The van der Waals surface area contributed by atoms with Crippen LogP contribution in [0.1, 0.15) is 25.7 Å². The molecule has 0 saturated heterocycles. The Balaban J connectivity index is 2.07. The minimum Gasteiger partial charge on any atom is -0.378 e. The number of sulfonamides is 1. The lowest BCUT2D eigenvalue weighted by molar-refractivity contribution is -0.129. The smallest absolute Gasteiger partial charge is 0.240 e. The van der Waals surface area contributed by atoms with Crippen molar-refractivity contribution in [1.82, 2.24) is 0 Å². The lowest BCUT2D eigenvalue weighted by Gasteiger charge is -2.39. The van der Waals surface area contributed by atoms with Crippen molar-refractivity contribution in [2.24, 2.45) is 5.14 Å². The van der Waals surface area contributed by atoms with Crippen molar-refractivity contribution in [3.63, 3.8) is 0 Å². The Morgan fingerprint density at radius 1 is 1.48 bits per heavy atom. The minimum atomic E-state index is -4.11. The van der Waals surface area contributed by atoms with Gasteiger partial charge in [0.1, 0.15) is 10.7 Å². The van der Waals surface area contributed by atoms with Gasteiger partial charge in [0, 0.05) is 12.8 Å². The molecule has 0 atom stereocenters. The summed E-state index contributed by atoms with van der Waals surface area (Å²) in [5.74, 6) is -1.31. The quantitative estimate of drug-likeness (QED) is 0.857. The summed E-state index contributed by atoms with van der Waals surface area (Å²) in [6.45, 7) is 0. The molecule has 3 N–H and O–H groups in total. The molecule has 0 spiro atoms. The molecule has 0 heterocycles. The number of carbonyl (C=O) groups is 1. The second-order valence-electron chi connectivity index (χ2n) is 5.16. The number of rotatable bonds is 5. The number of methoxy groups -OCH3 is 1. The van der Waals surface area contributed by atoms with Crippen LogP contribution in [0, 0.1) is 5.82 Å². The third kappa shape index (κ3) is 3.58. The zero-order valence-corrected chi connectivity index (χ0v) is 12.4. The van der Waals surface area contributed by atoms with Gasteiger partial charge >= 0.3 is 0 Å². The van der Waals surface area contributed by atoms with Gasteiger partial charge in [-0.2, -0.15) is 0 Å². The molecule has 8 heteroatoms. The van der Waals surface area contributed by atoms with E-state index < -0.39 is 26.3 Å². The predicted molar refractivity (Wildman–Crippen MR) is 74.6 cm³/mol. The first-order valence-electron chi connectivity index (χ1n) is 6.43. The van der Waals surface area contributed by atoms with Crippen LogP contribution in [-0.4, -0.2) is 27.0 Å². The van der Waals surface area contributed by atoms with Crippen LogP contribution >= 0.6 is 0 Å². The molecule has 0 bridgehead atoms. The third-order valence-corrected chi connectivity index (χ3v) is 4.65. The van der Waals surface area contributed by atoms with Crippen LogP contribution in [0.4, 0.5) is 10.1 Å². The molecule has 1 aliphatic rings. The number of hydrogen-bond donors (Lipinski definition) is 2. The fourth-order valence-electron chi connectivity index (χ4n) is 2.33. The Hall–Kier alpha value is -1.51. The van der Waals surface area contributed by atoms with Crippen LogP contribution in [0.2, 0.25) is 0 Å². The number of halogens is 1. The molecule has 1 saturated carbocycles. The van der Waals surface area contributed by atoms with Gasteiger partial charge in [-0.05, 0) is 37.5 Å². The highest BCUT2D eigenvalue weighted by Crippen LogP contribution is 2.38. The van der Waals surface area contributed by atoms with Gasteiger partial charge < -0.3 is 10.1 Å². The highest BCUT2D eigenvalue weighted by Gasteiger charge is 2.39. The van der Waals surface area contributed by atoms with Crippen LogP contribution in [0.3, 0.4) is 0 Å². The average Bonchev–Trinajstić information content (AvgIpc) is 2.32. The van der Waals surface area contributed by atoms with E-state index in [1.54, 1.807) is 7.11 Å². The monoisotopic (exact) mass is 316 g/mol. The van der Waals surface area contributed by atoms with E-state index in [-0.39, 0.29) is 18.0 Å². The zero-order chi connectivity index (χ0) is 15.7. The molecular formula is C13H17FN2O4S. The summed E-state index contributed by atoms with van der Waals surface area (Å²) in [6.07, 6.45) is 2.83. The molecule has 1 aromatic rings. The van der Waals surface area contributed by atoms with Crippen molar-refractivity contribution in [2.45, 2.75) is 36.2 Å². The summed E-state index contributed by atoms with van der Waals surface area (Å²) in [5, 5.41) is 7.39. The van der Waals surface area contributed by atoms with Gasteiger partial charge in [-0.1, -0.05) is 0 Å². The maximum atomic E-state index is 13.6. The molecule has 1 fully saturated rings. The average molecular weight is 316 g/mol. The second kappa shape index (κ2) is 5.70. The van der Waals surface area contributed by atoms with E-state index in [1.165, 1.54) is 6.07 Å². The summed E-state index contributed by atoms with van der Waals surface area (Å²) < 4.78 is 41.2. The molecule has 21 heavy (non-hydrogen) atoms. The summed E-state index contributed by atoms with van der Waals surface area (Å²) >= 11 is 0. The van der Waals surface area contributed by atoms with Gasteiger partial charge in [0.15, 0.2) is 0 Å². The number of benzene rings is 1. The SMILES string of the molecule is COC1(CC(=O)Nc2ccc(S(N)(=O)=O)c(F)c2)CCC1. The number of anilines is 1. The van der Waals surface area contributed by atoms with Crippen molar-refractivity contribution in [1.29, 1.82) is 0 Å². The molecule has 0 unspecified atom stereocenters. The maximum absolute atomic E-state index is 13.6. The number of hydrogen-bond acceptors (Lipinski definition) is 4. The van der Waals surface area contributed by atoms with Gasteiger partial charge in [-0.15, -0.1) is 0 Å². The standard InChI is InChI=1S/C13H17FN2O4S/c1-20-13(5-2-6-13)8-12(17)16-9-3-4-11(10(14)7-9)21(15,18)19/h3-4,7H,2,5-6,8H2,1H3,(H,16,17)(H2,15,18,19). The molecule has 0 aromatic heterocycles. The van der Waals surface area contributed by atoms with Crippen LogP contribution < -0.4 is 10.5 Å². The maximum Gasteiger partial charge on any atom is 0.240 e. The van der Waals surface area contributed by atoms with Gasteiger partial charge in [-0.25, -0.2) is 17.9 Å². The largest absolute Gasteiger partial charge is 0.378 e. The van der Waals surface area contributed by atoms with E-state index in [4.69, 9.17) is 9.88 Å². The van der Waals surface area contributed by atoms with Crippen LogP contribution in [0.5, 0.6) is 0 Å². The second-order valence-corrected chi connectivity index (χ2v) is 6.69. The molecule has 2 rings (SSSR count). The lowest BCUT2D eigenvalue weighted by Crippen LogP contribution is -2.42. The number of ether oxygens (including phenoxy) is 1. The fraction of sp³-hybridized carbons (Fsp3) is 0.462. The van der Waals surface area contributed by atoms with Crippen molar-refractivity contribution in [3.8, 4) is 0 Å². The Labute approximate surface area is 122 Å². The molecular weight excluding hydrogens is 299 g/mol. The Bertz CT molecular complexity index is 651. The van der Waals surface area contributed by atoms with E-state index in [0.717, 1.165) is 31.4 Å². The minimum absolute atomic E-state index is 0.176. The van der Waals surface area contributed by atoms with E-state index in [1.807, 2.05) is 0 Å². The number of carbonyl (C=O) groups excluding carboxylic acids is 1. The Morgan fingerprint density at radius 2 is 2.14 bits per heavy atom. The molecule has 116 valence electrons. The van der Waals surface area contributed by atoms with Gasteiger partial charge in [0.05, 0.1) is 12.0 Å². The topological polar surface area (TPSA) is 98.5 Å². The Morgan fingerprint density at radius 3 is 2.57 bits per heavy atom. The normalized spacial score (nSPS) is 17.1. The van der Waals surface area contributed by atoms with E-state index >= 15 is 0 Å². The van der Waals surface area contributed by atoms with Crippen molar-refractivity contribution in [2.75, 3.05) is 12.4 Å². The summed E-state index contributed by atoms with van der Waals surface area (Å²) in [6, 6.07) is 3.24. The van der Waals surface area contributed by atoms with Crippen LogP contribution in [-0.2, 0) is 19.6 Å². The van der Waals surface area contributed by atoms with Gasteiger partial charge in [-0.3, -0.25) is 4.79 Å². The van der Waals surface area contributed by atoms with Crippen molar-refractivity contribution in [3.05, 3.63) is 24.0 Å². The molecule has 1 aromatic carbocycles. The number of nitrogens with two attached hydrogens (primary N) is 1. The van der Waals surface area contributed by atoms with Crippen LogP contribution in [0.25, 0.3) is 0 Å². The fourth-order valence-corrected chi connectivity index (χ4v) is 2.92. The third-order valence-electron chi connectivity index (χ3n) is 3.70. The first-order chi connectivity index (χ1) is 9.76. The van der Waals surface area contributed by atoms with E-state index in [9.17, 15) is 17.6 Å². The molecule has 1 aliphatic carbocycles. The van der Waals surface area contributed by atoms with Gasteiger partial charge in [0.25, 0.3) is 0 Å². The lowest BCUT2D eigenvalue weighted by atomic mass is 9.77. The van der Waals surface area contributed by atoms with Crippen LogP contribution in [0.15, 0.2) is 23.1 Å². The first-order valence-corrected chi connectivity index (χ1v) is 7.98. The first kappa shape index (κ1) is 15.9. The highest BCUT2D eigenvalue weighted by atomic mass is 32.2. The molecule has 0 radical (unpaired) electrons. The highest BCUT2D eigenvalue weighted by molar-refractivity contribution is 7.89. The molecule has 6 nitrogen and oxygen atoms in total. The van der Waals surface area contributed by atoms with Crippen molar-refractivity contribution < 1.29 is 22.3 Å². The predicted octanol–water partition coefficient (Wildman–Crippen LogP) is 1.37. The number of nitrogens with one attached hydrogen (secondary N) is 1. The Kier molecular flexibility index (Phi) is 4.31. The summed E-state index contributed by atoms with van der Waals surface area (Å²) in [7, 11) is -2.55. The summed E-state index contributed by atoms with van der Waals surface area (Å²) in [5.41, 5.74) is -0.251. The van der Waals surface area contributed by atoms with E-state index in [2.05, 4.69) is 5.32 Å². The van der Waals surface area contributed by atoms with Gasteiger partial charge in [0.2, 0.25) is 15.9 Å². The number of primary sulfonamides is 1. The molecule has 1 amide bonds.